The highest BCUT2D eigenvalue weighted by molar-refractivity contribution is 8.00. The highest BCUT2D eigenvalue weighted by Crippen LogP contribution is 2.31. The normalized spacial score (nSPS) is 10.9. The number of methoxy groups -OCH3 is 1. The molecule has 0 spiro atoms. The average Bonchev–Trinajstić information content (AvgIpc) is 2.77. The van der Waals surface area contributed by atoms with Crippen molar-refractivity contribution < 1.29 is 22.7 Å². The number of nitrogens with zero attached hydrogens (tertiary/aromatic N) is 2. The lowest BCUT2D eigenvalue weighted by Crippen LogP contribution is -2.15. The van der Waals surface area contributed by atoms with Crippen molar-refractivity contribution in [2.45, 2.75) is 11.2 Å². The molecule has 0 aliphatic heterocycles. The first-order chi connectivity index (χ1) is 14.8. The molecule has 3 aromatic rings. The summed E-state index contributed by atoms with van der Waals surface area (Å²) in [5.41, 5.74) is 0.914. The highest BCUT2D eigenvalue weighted by atomic mass is 32.2. The number of nitriles is 1. The molecule has 1 N–H and O–H groups in total. The minimum Gasteiger partial charge on any atom is -0.497 e. The standard InChI is InChI=1S/C22H16F3N3O2S/c1-30-18-8-5-14(6-9-18)19-10-7-15(12-26)21(28-19)31-13-20(29)27-17-4-2-3-16(11-17)22(23,24)25/h2-11H,13H2,1H3,(H,27,29). The van der Waals surface area contributed by atoms with Crippen molar-refractivity contribution in [2.75, 3.05) is 18.2 Å². The van der Waals surface area contributed by atoms with Gasteiger partial charge in [-0.3, -0.25) is 4.79 Å². The number of thioether (sulfide) groups is 1. The topological polar surface area (TPSA) is 75.0 Å². The SMILES string of the molecule is COc1ccc(-c2ccc(C#N)c(SCC(=O)Nc3cccc(C(F)(F)F)c3)n2)cc1. The molecule has 0 fully saturated rings. The molecule has 0 aliphatic rings. The van der Waals surface area contributed by atoms with Gasteiger partial charge in [-0.25, -0.2) is 4.98 Å². The second-order valence-electron chi connectivity index (χ2n) is 6.30. The van der Waals surface area contributed by atoms with E-state index in [1.165, 1.54) is 12.1 Å². The zero-order chi connectivity index (χ0) is 22.4. The summed E-state index contributed by atoms with van der Waals surface area (Å²) in [6, 6.07) is 16.9. The summed E-state index contributed by atoms with van der Waals surface area (Å²) in [6.45, 7) is 0. The van der Waals surface area contributed by atoms with Gasteiger partial charge in [0.15, 0.2) is 0 Å². The van der Waals surface area contributed by atoms with E-state index in [-0.39, 0.29) is 11.4 Å². The first-order valence-corrected chi connectivity index (χ1v) is 9.94. The number of amides is 1. The predicted octanol–water partition coefficient (Wildman–Crippen LogP) is 5.38. The van der Waals surface area contributed by atoms with Crippen molar-refractivity contribution in [3.63, 3.8) is 0 Å². The number of halogens is 3. The molecule has 0 radical (unpaired) electrons. The molecule has 31 heavy (non-hydrogen) atoms. The number of carbonyl (C=O) groups excluding carboxylic acids is 1. The van der Waals surface area contributed by atoms with Gasteiger partial charge in [0.05, 0.1) is 29.7 Å². The van der Waals surface area contributed by atoms with Crippen LogP contribution in [-0.2, 0) is 11.0 Å². The van der Waals surface area contributed by atoms with E-state index >= 15 is 0 Å². The van der Waals surface area contributed by atoms with E-state index in [4.69, 9.17) is 4.74 Å². The van der Waals surface area contributed by atoms with Gasteiger partial charge in [-0.05, 0) is 54.6 Å². The Kier molecular flexibility index (Phi) is 6.82. The maximum atomic E-state index is 12.8. The molecule has 0 bridgehead atoms. The smallest absolute Gasteiger partial charge is 0.416 e. The first kappa shape index (κ1) is 22.2. The van der Waals surface area contributed by atoms with Crippen molar-refractivity contribution in [1.82, 2.24) is 4.98 Å². The summed E-state index contributed by atoms with van der Waals surface area (Å²) in [7, 11) is 1.56. The fraction of sp³-hybridized carbons (Fsp3) is 0.136. The second kappa shape index (κ2) is 9.53. The highest BCUT2D eigenvalue weighted by Gasteiger charge is 2.30. The molecular formula is C22H16F3N3O2S. The quantitative estimate of drug-likeness (QED) is 0.518. The fourth-order valence-corrected chi connectivity index (χ4v) is 3.43. The van der Waals surface area contributed by atoms with Crippen LogP contribution in [0.3, 0.4) is 0 Å². The number of pyridine rings is 1. The zero-order valence-electron chi connectivity index (χ0n) is 16.2. The van der Waals surface area contributed by atoms with Crippen LogP contribution in [0.25, 0.3) is 11.3 Å². The lowest BCUT2D eigenvalue weighted by molar-refractivity contribution is -0.137. The van der Waals surface area contributed by atoms with Crippen molar-refractivity contribution >= 4 is 23.4 Å². The van der Waals surface area contributed by atoms with Crippen LogP contribution in [0.2, 0.25) is 0 Å². The molecule has 1 amide bonds. The van der Waals surface area contributed by atoms with Crippen LogP contribution in [0.5, 0.6) is 5.75 Å². The Morgan fingerprint density at radius 2 is 1.90 bits per heavy atom. The number of nitrogens with one attached hydrogen (secondary N) is 1. The van der Waals surface area contributed by atoms with Crippen LogP contribution in [0.1, 0.15) is 11.1 Å². The maximum Gasteiger partial charge on any atom is 0.416 e. The average molecular weight is 443 g/mol. The summed E-state index contributed by atoms with van der Waals surface area (Å²) in [4.78, 5) is 16.7. The van der Waals surface area contributed by atoms with E-state index in [2.05, 4.69) is 10.3 Å². The van der Waals surface area contributed by atoms with Crippen molar-refractivity contribution in [1.29, 1.82) is 5.26 Å². The van der Waals surface area contributed by atoms with E-state index in [0.717, 1.165) is 29.5 Å². The minimum absolute atomic E-state index is 0.0425. The Labute approximate surface area is 180 Å². The van der Waals surface area contributed by atoms with Crippen LogP contribution >= 0.6 is 11.8 Å². The molecular weight excluding hydrogens is 427 g/mol. The Morgan fingerprint density at radius 1 is 1.16 bits per heavy atom. The van der Waals surface area contributed by atoms with Gasteiger partial charge in [0.2, 0.25) is 5.91 Å². The molecule has 9 heteroatoms. The number of benzene rings is 2. The largest absolute Gasteiger partial charge is 0.497 e. The van der Waals surface area contributed by atoms with Gasteiger partial charge in [-0.1, -0.05) is 17.8 Å². The molecule has 1 aromatic heterocycles. The van der Waals surface area contributed by atoms with Crippen LogP contribution in [-0.4, -0.2) is 23.8 Å². The van der Waals surface area contributed by atoms with Crippen LogP contribution in [0.15, 0.2) is 65.7 Å². The van der Waals surface area contributed by atoms with Crippen LogP contribution < -0.4 is 10.1 Å². The van der Waals surface area contributed by atoms with E-state index < -0.39 is 17.6 Å². The van der Waals surface area contributed by atoms with Gasteiger partial charge in [0.25, 0.3) is 0 Å². The Morgan fingerprint density at radius 3 is 2.55 bits per heavy atom. The number of hydrogen-bond acceptors (Lipinski definition) is 5. The lowest BCUT2D eigenvalue weighted by atomic mass is 10.1. The van der Waals surface area contributed by atoms with Gasteiger partial charge in [-0.15, -0.1) is 0 Å². The van der Waals surface area contributed by atoms with Gasteiger partial charge in [0, 0.05) is 11.3 Å². The minimum atomic E-state index is -4.50. The predicted molar refractivity (Wildman–Crippen MR) is 112 cm³/mol. The number of carbonyl (C=O) groups is 1. The van der Waals surface area contributed by atoms with E-state index in [1.807, 2.05) is 18.2 Å². The maximum absolute atomic E-state index is 12.8. The number of rotatable bonds is 6. The Balaban J connectivity index is 1.72. The molecule has 0 saturated heterocycles. The van der Waals surface area contributed by atoms with E-state index in [1.54, 1.807) is 31.4 Å². The van der Waals surface area contributed by atoms with Crippen LogP contribution in [0, 0.1) is 11.3 Å². The number of aromatic nitrogens is 1. The summed E-state index contributed by atoms with van der Waals surface area (Å²) in [5, 5.41) is 12.1. The zero-order valence-corrected chi connectivity index (χ0v) is 17.1. The van der Waals surface area contributed by atoms with Gasteiger partial charge < -0.3 is 10.1 Å². The molecule has 1 heterocycles. The van der Waals surface area contributed by atoms with Gasteiger partial charge in [0.1, 0.15) is 16.8 Å². The molecule has 3 rings (SSSR count). The van der Waals surface area contributed by atoms with Crippen molar-refractivity contribution in [2.24, 2.45) is 0 Å². The lowest BCUT2D eigenvalue weighted by Gasteiger charge is -2.10. The van der Waals surface area contributed by atoms with Crippen molar-refractivity contribution in [3.05, 3.63) is 71.8 Å². The number of anilines is 1. The van der Waals surface area contributed by atoms with E-state index in [9.17, 15) is 23.2 Å². The first-order valence-electron chi connectivity index (χ1n) is 8.95. The number of alkyl halides is 3. The molecule has 0 aliphatic carbocycles. The second-order valence-corrected chi connectivity index (χ2v) is 7.27. The third-order valence-electron chi connectivity index (χ3n) is 4.18. The molecule has 0 atom stereocenters. The van der Waals surface area contributed by atoms with Crippen LogP contribution in [0.4, 0.5) is 18.9 Å². The molecule has 0 saturated carbocycles. The summed E-state index contributed by atoms with van der Waals surface area (Å²) >= 11 is 1.03. The summed E-state index contributed by atoms with van der Waals surface area (Å²) in [5.74, 6) is 0.0624. The van der Waals surface area contributed by atoms with Gasteiger partial charge in [-0.2, -0.15) is 18.4 Å². The Hall–Kier alpha value is -3.51. The summed E-state index contributed by atoms with van der Waals surface area (Å²) in [6.07, 6.45) is -4.50. The fourth-order valence-electron chi connectivity index (χ4n) is 2.66. The van der Waals surface area contributed by atoms with E-state index in [0.29, 0.717) is 22.0 Å². The molecule has 2 aromatic carbocycles. The van der Waals surface area contributed by atoms with Gasteiger partial charge >= 0.3 is 6.18 Å². The Bertz CT molecular complexity index is 1130. The monoisotopic (exact) mass is 443 g/mol. The number of hydrogen-bond donors (Lipinski definition) is 1. The summed E-state index contributed by atoms with van der Waals surface area (Å²) < 4.78 is 43.6. The number of ether oxygens (including phenoxy) is 1. The molecule has 158 valence electrons. The molecule has 0 unspecified atom stereocenters. The molecule has 5 nitrogen and oxygen atoms in total. The van der Waals surface area contributed by atoms with Crippen molar-refractivity contribution in [3.8, 4) is 23.1 Å². The third-order valence-corrected chi connectivity index (χ3v) is 5.17. The third kappa shape index (κ3) is 5.77.